The van der Waals surface area contributed by atoms with Gasteiger partial charge in [-0.05, 0) is 30.9 Å². The number of urea groups is 1. The van der Waals surface area contributed by atoms with Crippen LogP contribution in [0.3, 0.4) is 0 Å². The van der Waals surface area contributed by atoms with Gasteiger partial charge in [-0.1, -0.05) is 6.07 Å². The Balaban J connectivity index is 1.81. The van der Waals surface area contributed by atoms with Gasteiger partial charge >= 0.3 is 6.03 Å². The molecule has 2 N–H and O–H groups in total. The van der Waals surface area contributed by atoms with Crippen LogP contribution in [0.25, 0.3) is 0 Å². The molecule has 1 aromatic rings. The van der Waals surface area contributed by atoms with E-state index in [2.05, 4.69) is 10.3 Å². The van der Waals surface area contributed by atoms with Crippen molar-refractivity contribution in [2.24, 2.45) is 5.92 Å². The van der Waals surface area contributed by atoms with Crippen LogP contribution in [0.2, 0.25) is 0 Å². The predicted molar refractivity (Wildman–Crippen MR) is 82.2 cm³/mol. The normalized spacial score (nSPS) is 15.4. The number of likely N-dealkylation sites (N-methyl/N-ethyl adjacent to an activating group) is 1. The molecule has 1 atom stereocenters. The minimum atomic E-state index is -0.407. The van der Waals surface area contributed by atoms with Crippen molar-refractivity contribution in [1.82, 2.24) is 15.2 Å². The molecule has 116 valence electrons. The highest BCUT2D eigenvalue weighted by molar-refractivity contribution is 5.73. The van der Waals surface area contributed by atoms with Gasteiger partial charge in [0, 0.05) is 27.7 Å². The summed E-state index contributed by atoms with van der Waals surface area (Å²) in [5.41, 5.74) is 0.811. The maximum Gasteiger partial charge on any atom is 0.317 e. The highest BCUT2D eigenvalue weighted by Crippen LogP contribution is 2.32. The monoisotopic (exact) mass is 292 g/mol. The van der Waals surface area contributed by atoms with Gasteiger partial charge in [-0.3, -0.25) is 0 Å². The Morgan fingerprint density at radius 2 is 2.14 bits per heavy atom. The number of amides is 2. The van der Waals surface area contributed by atoms with Crippen LogP contribution in [0.5, 0.6) is 0 Å². The quantitative estimate of drug-likeness (QED) is 0.822. The summed E-state index contributed by atoms with van der Waals surface area (Å²) in [7, 11) is 5.56. The Kier molecular flexibility index (Phi) is 5.01. The van der Waals surface area contributed by atoms with Crippen LogP contribution in [0.1, 0.15) is 18.5 Å². The second-order valence-electron chi connectivity index (χ2n) is 5.83. The summed E-state index contributed by atoms with van der Waals surface area (Å²) in [6.45, 7) is 0.756. The molecule has 0 radical (unpaired) electrons. The van der Waals surface area contributed by atoms with Crippen molar-refractivity contribution in [2.75, 3.05) is 32.6 Å². The lowest BCUT2D eigenvalue weighted by atomic mass is 10.2. The number of hydrogen-bond donors (Lipinski definition) is 2. The van der Waals surface area contributed by atoms with E-state index in [1.54, 1.807) is 7.05 Å². The molecule has 0 spiro atoms. The first kappa shape index (κ1) is 15.6. The molecule has 1 unspecified atom stereocenters. The van der Waals surface area contributed by atoms with Gasteiger partial charge in [-0.15, -0.1) is 0 Å². The summed E-state index contributed by atoms with van der Waals surface area (Å²) in [5.74, 6) is 1.23. The molecule has 6 heteroatoms. The molecule has 2 amide bonds. The molecule has 6 nitrogen and oxygen atoms in total. The number of hydrogen-bond acceptors (Lipinski definition) is 4. The predicted octanol–water partition coefficient (Wildman–Crippen LogP) is 1.06. The van der Waals surface area contributed by atoms with Crippen LogP contribution in [-0.4, -0.2) is 54.8 Å². The Morgan fingerprint density at radius 1 is 1.43 bits per heavy atom. The maximum atomic E-state index is 12.0. The smallest absolute Gasteiger partial charge is 0.317 e. The van der Waals surface area contributed by atoms with Crippen LogP contribution >= 0.6 is 0 Å². The van der Waals surface area contributed by atoms with Crippen molar-refractivity contribution in [3.8, 4) is 0 Å². The molecular weight excluding hydrogens is 268 g/mol. The number of carbonyl (C=O) groups excluding carboxylic acids is 1. The molecule has 1 aromatic heterocycles. The number of nitrogens with one attached hydrogen (secondary N) is 1. The first-order valence-corrected chi connectivity index (χ1v) is 7.27. The fourth-order valence-electron chi connectivity index (χ4n) is 2.11. The Bertz CT molecular complexity index is 488. The van der Waals surface area contributed by atoms with Gasteiger partial charge in [-0.25, -0.2) is 9.78 Å². The highest BCUT2D eigenvalue weighted by atomic mass is 16.3. The van der Waals surface area contributed by atoms with Gasteiger partial charge in [0.15, 0.2) is 0 Å². The fraction of sp³-hybridized carbons (Fsp3) is 0.600. The van der Waals surface area contributed by atoms with Crippen molar-refractivity contribution in [1.29, 1.82) is 0 Å². The lowest BCUT2D eigenvalue weighted by Gasteiger charge is -2.21. The van der Waals surface area contributed by atoms with Gasteiger partial charge in [0.2, 0.25) is 0 Å². The first-order chi connectivity index (χ1) is 9.97. The topological polar surface area (TPSA) is 68.7 Å². The van der Waals surface area contributed by atoms with Gasteiger partial charge in [0.1, 0.15) is 5.82 Å². The average molecular weight is 292 g/mol. The molecule has 1 aliphatic carbocycles. The van der Waals surface area contributed by atoms with E-state index in [1.807, 2.05) is 37.2 Å². The minimum absolute atomic E-state index is 0.188. The second-order valence-corrected chi connectivity index (χ2v) is 5.83. The largest absolute Gasteiger partial charge is 0.391 e. The Hall–Kier alpha value is -1.82. The Labute approximate surface area is 125 Å². The SMILES string of the molecule is CN(CC(O)C1CC1)C(=O)NCc1cccc(N(C)C)n1. The number of aliphatic hydroxyl groups excluding tert-OH is 1. The zero-order valence-corrected chi connectivity index (χ0v) is 12.9. The van der Waals surface area contributed by atoms with Crippen molar-refractivity contribution < 1.29 is 9.90 Å². The number of nitrogens with zero attached hydrogens (tertiary/aromatic N) is 3. The molecule has 0 aromatic carbocycles. The number of aliphatic hydroxyl groups is 1. The third-order valence-corrected chi connectivity index (χ3v) is 3.64. The number of pyridine rings is 1. The Morgan fingerprint density at radius 3 is 2.76 bits per heavy atom. The molecule has 1 saturated carbocycles. The van der Waals surface area contributed by atoms with Gasteiger partial charge < -0.3 is 20.2 Å². The van der Waals surface area contributed by atoms with E-state index in [9.17, 15) is 9.90 Å². The number of aromatic nitrogens is 1. The standard InChI is InChI=1S/C15H24N4O2/c1-18(2)14-6-4-5-12(17-14)9-16-15(21)19(3)10-13(20)11-7-8-11/h4-6,11,13,20H,7-10H2,1-3H3,(H,16,21). The van der Waals surface area contributed by atoms with Gasteiger partial charge in [-0.2, -0.15) is 0 Å². The van der Waals surface area contributed by atoms with Crippen LogP contribution in [0.15, 0.2) is 18.2 Å². The third-order valence-electron chi connectivity index (χ3n) is 3.64. The van der Waals surface area contributed by atoms with E-state index < -0.39 is 6.10 Å². The number of anilines is 1. The van der Waals surface area contributed by atoms with Crippen LogP contribution < -0.4 is 10.2 Å². The van der Waals surface area contributed by atoms with E-state index in [4.69, 9.17) is 0 Å². The van der Waals surface area contributed by atoms with E-state index in [-0.39, 0.29) is 6.03 Å². The summed E-state index contributed by atoms with van der Waals surface area (Å²) >= 11 is 0. The second kappa shape index (κ2) is 6.76. The molecule has 1 heterocycles. The number of rotatable bonds is 6. The first-order valence-electron chi connectivity index (χ1n) is 7.27. The molecular formula is C15H24N4O2. The molecule has 21 heavy (non-hydrogen) atoms. The van der Waals surface area contributed by atoms with Crippen molar-refractivity contribution in [2.45, 2.75) is 25.5 Å². The van der Waals surface area contributed by atoms with Crippen LogP contribution in [-0.2, 0) is 6.54 Å². The van der Waals surface area contributed by atoms with Crippen molar-refractivity contribution >= 4 is 11.8 Å². The summed E-state index contributed by atoms with van der Waals surface area (Å²) in [5, 5.41) is 12.7. The summed E-state index contributed by atoms with van der Waals surface area (Å²) in [6, 6.07) is 5.53. The van der Waals surface area contributed by atoms with Gasteiger partial charge in [0.05, 0.1) is 18.3 Å². The van der Waals surface area contributed by atoms with E-state index in [0.717, 1.165) is 24.4 Å². The zero-order valence-electron chi connectivity index (χ0n) is 12.9. The highest BCUT2D eigenvalue weighted by Gasteiger charge is 2.31. The van der Waals surface area contributed by atoms with Crippen molar-refractivity contribution in [3.05, 3.63) is 23.9 Å². The van der Waals surface area contributed by atoms with Crippen molar-refractivity contribution in [3.63, 3.8) is 0 Å². The van der Waals surface area contributed by atoms with Crippen LogP contribution in [0.4, 0.5) is 10.6 Å². The summed E-state index contributed by atoms with van der Waals surface area (Å²) < 4.78 is 0. The molecule has 1 fully saturated rings. The maximum absolute atomic E-state index is 12.0. The average Bonchev–Trinajstić information content (AvgIpc) is 3.29. The lowest BCUT2D eigenvalue weighted by Crippen LogP contribution is -2.41. The lowest BCUT2D eigenvalue weighted by molar-refractivity contribution is 0.113. The molecule has 0 aliphatic heterocycles. The molecule has 0 saturated heterocycles. The van der Waals surface area contributed by atoms with Crippen LogP contribution in [0, 0.1) is 5.92 Å². The molecule has 2 rings (SSSR count). The van der Waals surface area contributed by atoms with E-state index in [1.165, 1.54) is 4.90 Å². The fourth-order valence-corrected chi connectivity index (χ4v) is 2.11. The minimum Gasteiger partial charge on any atom is -0.391 e. The molecule has 1 aliphatic rings. The van der Waals surface area contributed by atoms with E-state index in [0.29, 0.717) is 19.0 Å². The zero-order chi connectivity index (χ0) is 15.4. The van der Waals surface area contributed by atoms with E-state index >= 15 is 0 Å². The third kappa shape index (κ3) is 4.60. The summed E-state index contributed by atoms with van der Waals surface area (Å²) in [4.78, 5) is 19.9. The summed E-state index contributed by atoms with van der Waals surface area (Å²) in [6.07, 6.45) is 1.73. The van der Waals surface area contributed by atoms with Gasteiger partial charge in [0.25, 0.3) is 0 Å². The number of carbonyl (C=O) groups is 1. The molecule has 0 bridgehead atoms.